The maximum absolute atomic E-state index is 14.1. The van der Waals surface area contributed by atoms with Gasteiger partial charge in [-0.1, -0.05) is 12.1 Å². The monoisotopic (exact) mass is 372 g/mol. The number of halogens is 1. The number of hydrogen-bond acceptors (Lipinski definition) is 4. The van der Waals surface area contributed by atoms with E-state index in [1.165, 1.54) is 25.1 Å². The first kappa shape index (κ1) is 18.1. The summed E-state index contributed by atoms with van der Waals surface area (Å²) in [4.78, 5) is 15.4. The van der Waals surface area contributed by atoms with Crippen molar-refractivity contribution < 1.29 is 13.9 Å². The normalized spacial score (nSPS) is 19.9. The third-order valence-electron chi connectivity index (χ3n) is 5.81. The van der Waals surface area contributed by atoms with E-state index in [0.29, 0.717) is 23.4 Å². The van der Waals surface area contributed by atoms with Crippen LogP contribution >= 0.6 is 0 Å². The summed E-state index contributed by atoms with van der Waals surface area (Å²) in [6, 6.07) is 6.39. The van der Waals surface area contributed by atoms with Crippen molar-refractivity contribution in [2.75, 3.05) is 32.8 Å². The molecule has 27 heavy (non-hydrogen) atoms. The number of nitrogens with one attached hydrogen (secondary N) is 2. The molecule has 0 aliphatic carbocycles. The maximum Gasteiger partial charge on any atom is 0.255 e. The van der Waals surface area contributed by atoms with Gasteiger partial charge in [0.25, 0.3) is 5.91 Å². The Hall–Kier alpha value is -2.25. The SMILES string of the molecule is O=C(NCC1(N2CCCC2)CCOCC1)c1cn[nH]c1-c1ccccc1F. The van der Waals surface area contributed by atoms with Crippen LogP contribution in [0.3, 0.4) is 0 Å². The van der Waals surface area contributed by atoms with Crippen molar-refractivity contribution in [3.63, 3.8) is 0 Å². The lowest BCUT2D eigenvalue weighted by molar-refractivity contribution is -0.0178. The fraction of sp³-hybridized carbons (Fsp3) is 0.500. The number of ether oxygens (including phenoxy) is 1. The van der Waals surface area contributed by atoms with Crippen molar-refractivity contribution in [2.24, 2.45) is 0 Å². The molecular formula is C20H25FN4O2. The van der Waals surface area contributed by atoms with Crippen LogP contribution in [-0.4, -0.2) is 59.4 Å². The minimum atomic E-state index is -0.381. The summed E-state index contributed by atoms with van der Waals surface area (Å²) in [5, 5.41) is 9.82. The van der Waals surface area contributed by atoms with Gasteiger partial charge in [-0.25, -0.2) is 4.39 Å². The molecule has 7 heteroatoms. The molecule has 2 aromatic rings. The van der Waals surface area contributed by atoms with Crippen LogP contribution in [0.5, 0.6) is 0 Å². The fourth-order valence-electron chi connectivity index (χ4n) is 4.22. The van der Waals surface area contributed by atoms with Gasteiger partial charge in [-0.2, -0.15) is 5.10 Å². The first-order valence-corrected chi connectivity index (χ1v) is 9.59. The van der Waals surface area contributed by atoms with Crippen LogP contribution in [0.25, 0.3) is 11.3 Å². The lowest BCUT2D eigenvalue weighted by Gasteiger charge is -2.44. The second-order valence-electron chi connectivity index (χ2n) is 7.35. The van der Waals surface area contributed by atoms with Crippen LogP contribution in [0.4, 0.5) is 4.39 Å². The Morgan fingerprint density at radius 1 is 1.26 bits per heavy atom. The summed E-state index contributed by atoms with van der Waals surface area (Å²) in [5.74, 6) is -0.610. The van der Waals surface area contributed by atoms with Crippen LogP contribution in [0, 0.1) is 5.82 Å². The van der Waals surface area contributed by atoms with Gasteiger partial charge in [0, 0.05) is 30.9 Å². The Balaban J connectivity index is 1.51. The summed E-state index contributed by atoms with van der Waals surface area (Å²) in [6.07, 6.45) is 5.70. The van der Waals surface area contributed by atoms with Crippen molar-refractivity contribution >= 4 is 5.91 Å². The number of rotatable bonds is 5. The van der Waals surface area contributed by atoms with E-state index in [1.54, 1.807) is 18.2 Å². The van der Waals surface area contributed by atoms with Gasteiger partial charge in [0.15, 0.2) is 0 Å². The van der Waals surface area contributed by atoms with Crippen LogP contribution in [0.1, 0.15) is 36.0 Å². The number of H-pyrrole nitrogens is 1. The number of carbonyl (C=O) groups is 1. The molecule has 2 N–H and O–H groups in total. The Bertz CT molecular complexity index is 795. The van der Waals surface area contributed by atoms with Gasteiger partial charge in [-0.05, 0) is 50.9 Å². The van der Waals surface area contributed by atoms with E-state index in [2.05, 4.69) is 20.4 Å². The van der Waals surface area contributed by atoms with Gasteiger partial charge in [-0.3, -0.25) is 14.8 Å². The average Bonchev–Trinajstić information content (AvgIpc) is 3.39. The molecule has 3 heterocycles. The highest BCUT2D eigenvalue weighted by Gasteiger charge is 2.40. The molecule has 0 unspecified atom stereocenters. The smallest absolute Gasteiger partial charge is 0.255 e. The lowest BCUT2D eigenvalue weighted by atomic mass is 9.88. The molecule has 2 aliphatic heterocycles. The molecule has 144 valence electrons. The zero-order chi connectivity index (χ0) is 18.7. The van der Waals surface area contributed by atoms with E-state index in [9.17, 15) is 9.18 Å². The lowest BCUT2D eigenvalue weighted by Crippen LogP contribution is -2.57. The topological polar surface area (TPSA) is 70.2 Å². The number of carbonyl (C=O) groups excluding carboxylic acids is 1. The molecule has 1 aromatic carbocycles. The highest BCUT2D eigenvalue weighted by Crippen LogP contribution is 2.31. The van der Waals surface area contributed by atoms with E-state index in [-0.39, 0.29) is 17.3 Å². The van der Waals surface area contributed by atoms with Crippen LogP contribution in [-0.2, 0) is 4.74 Å². The van der Waals surface area contributed by atoms with Gasteiger partial charge >= 0.3 is 0 Å². The highest BCUT2D eigenvalue weighted by molar-refractivity contribution is 5.99. The second kappa shape index (κ2) is 7.78. The first-order chi connectivity index (χ1) is 13.2. The number of nitrogens with zero attached hydrogens (tertiary/aromatic N) is 2. The van der Waals surface area contributed by atoms with E-state index >= 15 is 0 Å². The fourth-order valence-corrected chi connectivity index (χ4v) is 4.22. The molecule has 1 amide bonds. The van der Waals surface area contributed by atoms with Crippen LogP contribution < -0.4 is 5.32 Å². The van der Waals surface area contributed by atoms with E-state index < -0.39 is 0 Å². The predicted molar refractivity (Wildman–Crippen MR) is 99.9 cm³/mol. The Morgan fingerprint density at radius 3 is 2.74 bits per heavy atom. The number of hydrogen-bond donors (Lipinski definition) is 2. The summed E-state index contributed by atoms with van der Waals surface area (Å²) >= 11 is 0. The molecule has 0 atom stereocenters. The standard InChI is InChI=1S/C20H25FN4O2/c21-17-6-2-1-5-15(17)18-16(13-23-24-18)19(26)22-14-20(7-11-27-12-8-20)25-9-3-4-10-25/h1-2,5-6,13H,3-4,7-12,14H2,(H,22,26)(H,23,24). The third-order valence-corrected chi connectivity index (χ3v) is 5.81. The van der Waals surface area contributed by atoms with Crippen LogP contribution in [0.15, 0.2) is 30.5 Å². The number of likely N-dealkylation sites (tertiary alicyclic amines) is 1. The molecule has 0 radical (unpaired) electrons. The molecular weight excluding hydrogens is 347 g/mol. The first-order valence-electron chi connectivity index (χ1n) is 9.59. The molecule has 0 spiro atoms. The maximum atomic E-state index is 14.1. The summed E-state index contributed by atoms with van der Waals surface area (Å²) in [5.41, 5.74) is 1.07. The molecule has 2 saturated heterocycles. The Kier molecular flexibility index (Phi) is 5.22. The number of aromatic amines is 1. The number of aromatic nitrogens is 2. The minimum Gasteiger partial charge on any atom is -0.381 e. The van der Waals surface area contributed by atoms with Gasteiger partial charge in [0.2, 0.25) is 0 Å². The molecule has 4 rings (SSSR count). The minimum absolute atomic E-state index is 0.0493. The zero-order valence-corrected chi connectivity index (χ0v) is 15.3. The number of benzene rings is 1. The largest absolute Gasteiger partial charge is 0.381 e. The average molecular weight is 372 g/mol. The highest BCUT2D eigenvalue weighted by atomic mass is 19.1. The van der Waals surface area contributed by atoms with Gasteiger partial charge < -0.3 is 10.1 Å². The van der Waals surface area contributed by atoms with Crippen molar-refractivity contribution in [2.45, 2.75) is 31.2 Å². The second-order valence-corrected chi connectivity index (χ2v) is 7.35. The van der Waals surface area contributed by atoms with Gasteiger partial charge in [-0.15, -0.1) is 0 Å². The van der Waals surface area contributed by atoms with Crippen molar-refractivity contribution in [1.82, 2.24) is 20.4 Å². The molecule has 0 bridgehead atoms. The van der Waals surface area contributed by atoms with E-state index in [4.69, 9.17) is 4.74 Å². The molecule has 1 aromatic heterocycles. The number of amides is 1. The van der Waals surface area contributed by atoms with E-state index in [0.717, 1.165) is 39.1 Å². The zero-order valence-electron chi connectivity index (χ0n) is 15.3. The molecule has 2 aliphatic rings. The van der Waals surface area contributed by atoms with Gasteiger partial charge in [0.05, 0.1) is 17.5 Å². The summed E-state index contributed by atoms with van der Waals surface area (Å²) in [7, 11) is 0. The Labute approximate surface area is 158 Å². The molecule has 2 fully saturated rings. The third kappa shape index (κ3) is 3.61. The van der Waals surface area contributed by atoms with Gasteiger partial charge in [0.1, 0.15) is 5.82 Å². The van der Waals surface area contributed by atoms with Crippen molar-refractivity contribution in [3.05, 3.63) is 41.8 Å². The summed E-state index contributed by atoms with van der Waals surface area (Å²) in [6.45, 7) is 4.15. The predicted octanol–water partition coefficient (Wildman–Crippen LogP) is 2.59. The van der Waals surface area contributed by atoms with Crippen molar-refractivity contribution in [1.29, 1.82) is 0 Å². The Morgan fingerprint density at radius 2 is 2.00 bits per heavy atom. The summed E-state index contributed by atoms with van der Waals surface area (Å²) < 4.78 is 19.7. The molecule has 0 saturated carbocycles. The van der Waals surface area contributed by atoms with Crippen LogP contribution in [0.2, 0.25) is 0 Å². The van der Waals surface area contributed by atoms with Crippen molar-refractivity contribution in [3.8, 4) is 11.3 Å². The quantitative estimate of drug-likeness (QED) is 0.846. The molecule has 6 nitrogen and oxygen atoms in total. The van der Waals surface area contributed by atoms with E-state index in [1.807, 2.05) is 0 Å².